The summed E-state index contributed by atoms with van der Waals surface area (Å²) in [5.74, 6) is 0.617. The van der Waals surface area contributed by atoms with Crippen LogP contribution in [0.1, 0.15) is 58.8 Å². The number of carbonyl (C=O) groups is 2. The zero-order valence-electron chi connectivity index (χ0n) is 21.6. The van der Waals surface area contributed by atoms with E-state index in [4.69, 9.17) is 14.6 Å². The van der Waals surface area contributed by atoms with Gasteiger partial charge in [0.05, 0.1) is 6.61 Å². The number of hydrogen-bond donors (Lipinski definition) is 1. The summed E-state index contributed by atoms with van der Waals surface area (Å²) in [4.78, 5) is 24.4. The van der Waals surface area contributed by atoms with Crippen LogP contribution in [0.4, 0.5) is 0 Å². The van der Waals surface area contributed by atoms with Crippen molar-refractivity contribution in [2.45, 2.75) is 44.8 Å². The highest BCUT2D eigenvalue weighted by Gasteiger charge is 2.22. The van der Waals surface area contributed by atoms with Gasteiger partial charge in [-0.1, -0.05) is 42.5 Å². The zero-order valence-corrected chi connectivity index (χ0v) is 21.6. The molecule has 1 heterocycles. The van der Waals surface area contributed by atoms with E-state index in [9.17, 15) is 9.59 Å². The first kappa shape index (κ1) is 25.7. The molecule has 0 aliphatic heterocycles. The van der Waals surface area contributed by atoms with Crippen LogP contribution in [0.5, 0.6) is 5.75 Å². The second kappa shape index (κ2) is 11.7. The van der Waals surface area contributed by atoms with Crippen LogP contribution in [-0.2, 0) is 22.5 Å². The molecule has 0 spiro atoms. The summed E-state index contributed by atoms with van der Waals surface area (Å²) in [6.45, 7) is 0.958. The van der Waals surface area contributed by atoms with Crippen molar-refractivity contribution in [3.63, 3.8) is 0 Å². The fourth-order valence-corrected chi connectivity index (χ4v) is 4.89. The van der Waals surface area contributed by atoms with Gasteiger partial charge in [0.25, 0.3) is 0 Å². The van der Waals surface area contributed by atoms with Crippen LogP contribution in [0.25, 0.3) is 10.9 Å². The van der Waals surface area contributed by atoms with E-state index in [1.165, 1.54) is 18.4 Å². The highest BCUT2D eigenvalue weighted by atomic mass is 16.5. The van der Waals surface area contributed by atoms with E-state index in [0.717, 1.165) is 28.8 Å². The van der Waals surface area contributed by atoms with Gasteiger partial charge in [0.2, 0.25) is 0 Å². The van der Waals surface area contributed by atoms with Gasteiger partial charge < -0.3 is 19.1 Å². The number of carboxylic acids is 1. The maximum Gasteiger partial charge on any atom is 0.303 e. The Morgan fingerprint density at radius 1 is 1.00 bits per heavy atom. The summed E-state index contributed by atoms with van der Waals surface area (Å²) >= 11 is 0. The number of hydrogen-bond acceptors (Lipinski definition) is 4. The molecule has 5 rings (SSSR count). The maximum atomic E-state index is 13.5. The molecule has 0 unspecified atom stereocenters. The van der Waals surface area contributed by atoms with Gasteiger partial charge in [0.15, 0.2) is 5.78 Å². The van der Waals surface area contributed by atoms with Gasteiger partial charge in [-0.3, -0.25) is 9.59 Å². The molecule has 4 aromatic rings. The molecule has 1 saturated carbocycles. The summed E-state index contributed by atoms with van der Waals surface area (Å²) in [6, 6.07) is 23.5. The molecule has 1 aliphatic rings. The number of aromatic nitrogens is 1. The number of carboxylic acid groups (broad SMARTS) is 1. The van der Waals surface area contributed by atoms with Crippen molar-refractivity contribution < 1.29 is 24.2 Å². The predicted octanol–water partition coefficient (Wildman–Crippen LogP) is 6.46. The Morgan fingerprint density at radius 3 is 2.42 bits per heavy atom. The SMILES string of the molecule is COC[C@H](Oc1ccc(C(=O)c2cn(CCCC(=O)O)c3ccccc23)cc1)c1ccc(CC2CC2)cc1. The Hall–Kier alpha value is -3.90. The van der Waals surface area contributed by atoms with E-state index >= 15 is 0 Å². The number of carbonyl (C=O) groups excluding carboxylic acids is 1. The maximum absolute atomic E-state index is 13.5. The third kappa shape index (κ3) is 6.14. The van der Waals surface area contributed by atoms with Crippen molar-refractivity contribution in [1.29, 1.82) is 0 Å². The number of benzene rings is 3. The number of methoxy groups -OCH3 is 1. The van der Waals surface area contributed by atoms with Crippen LogP contribution < -0.4 is 4.74 Å². The summed E-state index contributed by atoms with van der Waals surface area (Å²) in [6.07, 6.45) is 5.99. The Morgan fingerprint density at radius 2 is 1.74 bits per heavy atom. The van der Waals surface area contributed by atoms with Crippen molar-refractivity contribution in [2.24, 2.45) is 5.92 Å². The molecule has 1 atom stereocenters. The molecule has 1 N–H and O–H groups in total. The topological polar surface area (TPSA) is 77.8 Å². The van der Waals surface area contributed by atoms with Crippen LogP contribution in [0, 0.1) is 5.92 Å². The van der Waals surface area contributed by atoms with E-state index in [2.05, 4.69) is 24.3 Å². The first-order valence-corrected chi connectivity index (χ1v) is 13.2. The number of rotatable bonds is 13. The lowest BCUT2D eigenvalue weighted by Crippen LogP contribution is -2.14. The second-order valence-electron chi connectivity index (χ2n) is 10.1. The van der Waals surface area contributed by atoms with Gasteiger partial charge in [0, 0.05) is 48.3 Å². The van der Waals surface area contributed by atoms with E-state index in [-0.39, 0.29) is 18.3 Å². The van der Waals surface area contributed by atoms with E-state index < -0.39 is 5.97 Å². The number of aliphatic carboxylic acids is 1. The number of ether oxygens (including phenoxy) is 2. The molecule has 6 heteroatoms. The van der Waals surface area contributed by atoms with Gasteiger partial charge in [-0.25, -0.2) is 0 Å². The molecular weight excluding hydrogens is 478 g/mol. The molecular formula is C32H33NO5. The van der Waals surface area contributed by atoms with E-state index in [0.29, 0.717) is 36.4 Å². The van der Waals surface area contributed by atoms with Crippen molar-refractivity contribution >= 4 is 22.7 Å². The van der Waals surface area contributed by atoms with Crippen molar-refractivity contribution in [2.75, 3.05) is 13.7 Å². The highest BCUT2D eigenvalue weighted by molar-refractivity contribution is 6.16. The van der Waals surface area contributed by atoms with E-state index in [1.807, 2.05) is 47.2 Å². The molecule has 38 heavy (non-hydrogen) atoms. The minimum Gasteiger partial charge on any atom is -0.483 e. The molecule has 3 aromatic carbocycles. The minimum atomic E-state index is -0.821. The van der Waals surface area contributed by atoms with Crippen LogP contribution in [0.15, 0.2) is 79.0 Å². The largest absolute Gasteiger partial charge is 0.483 e. The fourth-order valence-electron chi connectivity index (χ4n) is 4.89. The number of ketones is 1. The third-order valence-electron chi connectivity index (χ3n) is 7.11. The van der Waals surface area contributed by atoms with E-state index in [1.54, 1.807) is 19.2 Å². The number of nitrogens with zero attached hydrogens (tertiary/aromatic N) is 1. The van der Waals surface area contributed by atoms with Crippen molar-refractivity contribution in [1.82, 2.24) is 4.57 Å². The monoisotopic (exact) mass is 511 g/mol. The molecule has 0 saturated heterocycles. The summed E-state index contributed by atoms with van der Waals surface area (Å²) in [5.41, 5.74) is 4.51. The van der Waals surface area contributed by atoms with Crippen LogP contribution in [0.3, 0.4) is 0 Å². The zero-order chi connectivity index (χ0) is 26.5. The van der Waals surface area contributed by atoms with Gasteiger partial charge in [-0.05, 0) is 73.1 Å². The van der Waals surface area contributed by atoms with Gasteiger partial charge in [0.1, 0.15) is 11.9 Å². The Kier molecular flexibility index (Phi) is 7.89. The predicted molar refractivity (Wildman–Crippen MR) is 147 cm³/mol. The summed E-state index contributed by atoms with van der Waals surface area (Å²) < 4.78 is 13.7. The van der Waals surface area contributed by atoms with Gasteiger partial charge in [-0.15, -0.1) is 0 Å². The van der Waals surface area contributed by atoms with Crippen molar-refractivity contribution in [3.05, 3.63) is 101 Å². The molecule has 1 fully saturated rings. The van der Waals surface area contributed by atoms with Crippen LogP contribution >= 0.6 is 0 Å². The highest BCUT2D eigenvalue weighted by Crippen LogP contribution is 2.33. The quantitative estimate of drug-likeness (QED) is 0.209. The smallest absolute Gasteiger partial charge is 0.303 e. The normalized spacial score (nSPS) is 13.9. The van der Waals surface area contributed by atoms with Crippen LogP contribution in [-0.4, -0.2) is 35.1 Å². The number of para-hydroxylation sites is 1. The Bertz CT molecular complexity index is 1400. The molecule has 1 aromatic heterocycles. The Labute approximate surface area is 222 Å². The average Bonchev–Trinajstić information content (AvgIpc) is 3.67. The van der Waals surface area contributed by atoms with Gasteiger partial charge in [-0.2, -0.15) is 0 Å². The lowest BCUT2D eigenvalue weighted by atomic mass is 10.0. The summed E-state index contributed by atoms with van der Waals surface area (Å²) in [5, 5.41) is 9.84. The minimum absolute atomic E-state index is 0.0792. The lowest BCUT2D eigenvalue weighted by molar-refractivity contribution is -0.137. The molecule has 1 aliphatic carbocycles. The third-order valence-corrected chi connectivity index (χ3v) is 7.11. The first-order valence-electron chi connectivity index (χ1n) is 13.2. The first-order chi connectivity index (χ1) is 18.5. The molecule has 196 valence electrons. The molecule has 0 bridgehead atoms. The fraction of sp³-hybridized carbons (Fsp3) is 0.312. The number of aryl methyl sites for hydroxylation is 1. The molecule has 6 nitrogen and oxygen atoms in total. The average molecular weight is 512 g/mol. The van der Waals surface area contributed by atoms with Gasteiger partial charge >= 0.3 is 5.97 Å². The standard InChI is InChI=1S/C32H33NO5/c1-37-21-30(24-12-10-23(11-13-24)19-22-8-9-22)38-26-16-14-25(15-17-26)32(36)28-20-33(18-4-7-31(34)35)29-6-3-2-5-27(28)29/h2-3,5-6,10-17,20,22,30H,4,7-9,18-19,21H2,1H3,(H,34,35)/t30-/m0/s1. The second-order valence-corrected chi connectivity index (χ2v) is 10.1. The summed E-state index contributed by atoms with van der Waals surface area (Å²) in [7, 11) is 1.66. The molecule has 0 amide bonds. The number of fused-ring (bicyclic) bond motifs is 1. The van der Waals surface area contributed by atoms with Crippen molar-refractivity contribution in [3.8, 4) is 5.75 Å². The van der Waals surface area contributed by atoms with Crippen LogP contribution in [0.2, 0.25) is 0 Å². The Balaban J connectivity index is 1.30. The lowest BCUT2D eigenvalue weighted by Gasteiger charge is -2.19. The molecule has 0 radical (unpaired) electrons.